The first-order chi connectivity index (χ1) is 19.7. The Hall–Kier alpha value is -4.15. The van der Waals surface area contributed by atoms with E-state index >= 15 is 4.39 Å². The van der Waals surface area contributed by atoms with Gasteiger partial charge in [0, 0.05) is 48.3 Å². The highest BCUT2D eigenvalue weighted by Gasteiger charge is 2.22. The van der Waals surface area contributed by atoms with Crippen LogP contribution in [0.3, 0.4) is 0 Å². The summed E-state index contributed by atoms with van der Waals surface area (Å²) in [5.41, 5.74) is 1.50. The van der Waals surface area contributed by atoms with E-state index in [0.717, 1.165) is 18.7 Å². The van der Waals surface area contributed by atoms with Crippen LogP contribution in [0.1, 0.15) is 17.0 Å². The van der Waals surface area contributed by atoms with E-state index < -0.39 is 17.1 Å². The van der Waals surface area contributed by atoms with E-state index in [0.29, 0.717) is 29.9 Å². The van der Waals surface area contributed by atoms with Crippen molar-refractivity contribution in [2.45, 2.75) is 13.0 Å². The van der Waals surface area contributed by atoms with Gasteiger partial charge in [0.25, 0.3) is 0 Å². The lowest BCUT2D eigenvalue weighted by molar-refractivity contribution is 0.312. The molecule has 7 nitrogen and oxygen atoms in total. The van der Waals surface area contributed by atoms with E-state index in [9.17, 15) is 13.6 Å². The van der Waals surface area contributed by atoms with Crippen molar-refractivity contribution < 1.29 is 17.7 Å². The standard InChI is InChI=1S/C30H25ClF3N5O2/c1-37-8-10-38(11-9-37)27-15-26-22(14-25(27)34)29(40)23(17-39(26)16-19-4-5-20(31)13-24(19)33)30-35-28(41-36-30)12-18-2-6-21(32)7-3-18/h2-7,13-15,17H,8-12,16H2,1H3. The number of rotatable bonds is 6. The first-order valence-electron chi connectivity index (χ1n) is 13.1. The van der Waals surface area contributed by atoms with E-state index in [1.807, 2.05) is 11.9 Å². The molecule has 3 aromatic carbocycles. The first kappa shape index (κ1) is 27.0. The Kier molecular flexibility index (Phi) is 7.27. The van der Waals surface area contributed by atoms with Crippen LogP contribution in [-0.2, 0) is 13.0 Å². The van der Waals surface area contributed by atoms with Crippen molar-refractivity contribution >= 4 is 28.2 Å². The summed E-state index contributed by atoms with van der Waals surface area (Å²) in [5, 5.41) is 4.36. The molecule has 0 aliphatic carbocycles. The molecule has 6 rings (SSSR count). The van der Waals surface area contributed by atoms with E-state index in [-0.39, 0.29) is 46.5 Å². The number of aromatic nitrogens is 3. The Morgan fingerprint density at radius 3 is 2.44 bits per heavy atom. The van der Waals surface area contributed by atoms with E-state index in [2.05, 4.69) is 15.0 Å². The number of piperazine rings is 1. The van der Waals surface area contributed by atoms with E-state index in [1.54, 1.807) is 34.9 Å². The van der Waals surface area contributed by atoms with Gasteiger partial charge >= 0.3 is 0 Å². The van der Waals surface area contributed by atoms with Crippen LogP contribution in [0.4, 0.5) is 18.9 Å². The number of hydrogen-bond donors (Lipinski definition) is 0. The maximum atomic E-state index is 15.5. The molecule has 1 fully saturated rings. The van der Waals surface area contributed by atoms with Crippen LogP contribution in [0.2, 0.25) is 5.02 Å². The molecule has 0 amide bonds. The van der Waals surface area contributed by atoms with Gasteiger partial charge in [0.15, 0.2) is 0 Å². The van der Waals surface area contributed by atoms with Gasteiger partial charge in [-0.25, -0.2) is 13.2 Å². The first-order valence-corrected chi connectivity index (χ1v) is 13.4. The topological polar surface area (TPSA) is 67.4 Å². The molecule has 0 N–H and O–H groups in total. The molecule has 11 heteroatoms. The normalized spacial score (nSPS) is 14.2. The summed E-state index contributed by atoms with van der Waals surface area (Å²) < 4.78 is 50.7. The van der Waals surface area contributed by atoms with Gasteiger partial charge in [0.1, 0.15) is 17.5 Å². The van der Waals surface area contributed by atoms with Crippen molar-refractivity contribution in [2.75, 3.05) is 38.1 Å². The van der Waals surface area contributed by atoms with Crippen molar-refractivity contribution in [3.63, 3.8) is 0 Å². The minimum atomic E-state index is -0.523. The maximum Gasteiger partial charge on any atom is 0.231 e. The molecule has 210 valence electrons. The Balaban J connectivity index is 1.45. The van der Waals surface area contributed by atoms with Crippen LogP contribution >= 0.6 is 11.6 Å². The predicted octanol–water partition coefficient (Wildman–Crippen LogP) is 5.51. The zero-order chi connectivity index (χ0) is 28.7. The monoisotopic (exact) mass is 579 g/mol. The number of anilines is 1. The Labute approximate surface area is 238 Å². The van der Waals surface area contributed by atoms with Crippen molar-refractivity contribution in [3.8, 4) is 11.4 Å². The van der Waals surface area contributed by atoms with Gasteiger partial charge < -0.3 is 18.9 Å². The molecule has 0 radical (unpaired) electrons. The SMILES string of the molecule is CN1CCN(c2cc3c(cc2F)c(=O)c(-c2noc(Cc4ccc(F)cc4)n2)cn3Cc2ccc(Cl)cc2F)CC1. The fraction of sp³-hybridized carbons (Fsp3) is 0.233. The highest BCUT2D eigenvalue weighted by molar-refractivity contribution is 6.30. The smallest absolute Gasteiger partial charge is 0.231 e. The predicted molar refractivity (Wildman–Crippen MR) is 151 cm³/mol. The van der Waals surface area contributed by atoms with Crippen molar-refractivity contribution in [3.05, 3.63) is 111 Å². The number of benzene rings is 3. The molecule has 41 heavy (non-hydrogen) atoms. The number of halogens is 4. The average molecular weight is 580 g/mol. The molecular weight excluding hydrogens is 555 g/mol. The van der Waals surface area contributed by atoms with Crippen LogP contribution in [0.15, 0.2) is 70.1 Å². The summed E-state index contributed by atoms with van der Waals surface area (Å²) in [7, 11) is 2.01. The lowest BCUT2D eigenvalue weighted by Gasteiger charge is -2.34. The maximum absolute atomic E-state index is 15.5. The Morgan fingerprint density at radius 1 is 0.951 bits per heavy atom. The van der Waals surface area contributed by atoms with Crippen molar-refractivity contribution in [2.24, 2.45) is 0 Å². The number of likely N-dealkylation sites (N-methyl/N-ethyl adjacent to an activating group) is 1. The van der Waals surface area contributed by atoms with E-state index in [4.69, 9.17) is 16.1 Å². The zero-order valence-corrected chi connectivity index (χ0v) is 22.8. The molecule has 0 spiro atoms. The van der Waals surface area contributed by atoms with Gasteiger partial charge in [-0.15, -0.1) is 0 Å². The summed E-state index contributed by atoms with van der Waals surface area (Å²) in [6, 6.07) is 13.1. The fourth-order valence-corrected chi connectivity index (χ4v) is 5.18. The largest absolute Gasteiger partial charge is 0.367 e. The average Bonchev–Trinajstić information content (AvgIpc) is 3.41. The number of fused-ring (bicyclic) bond motifs is 1. The molecule has 1 saturated heterocycles. The third-order valence-corrected chi connectivity index (χ3v) is 7.56. The van der Waals surface area contributed by atoms with E-state index in [1.165, 1.54) is 30.5 Å². The molecule has 2 aromatic heterocycles. The molecule has 3 heterocycles. The van der Waals surface area contributed by atoms with Gasteiger partial charge in [-0.3, -0.25) is 4.79 Å². The minimum Gasteiger partial charge on any atom is -0.367 e. The number of pyridine rings is 1. The second kappa shape index (κ2) is 11.0. The molecule has 0 unspecified atom stereocenters. The lowest BCUT2D eigenvalue weighted by atomic mass is 10.1. The molecule has 1 aliphatic heterocycles. The molecule has 0 bridgehead atoms. The summed E-state index contributed by atoms with van der Waals surface area (Å²) in [6.45, 7) is 2.86. The Morgan fingerprint density at radius 2 is 1.71 bits per heavy atom. The van der Waals surface area contributed by atoms with Gasteiger partial charge in [-0.1, -0.05) is 35.0 Å². The summed E-state index contributed by atoms with van der Waals surface area (Å²) in [6.07, 6.45) is 1.77. The van der Waals surface area contributed by atoms with Gasteiger partial charge in [-0.2, -0.15) is 4.98 Å². The molecule has 5 aromatic rings. The molecule has 0 atom stereocenters. The highest BCUT2D eigenvalue weighted by Crippen LogP contribution is 2.29. The van der Waals surface area contributed by atoms with Gasteiger partial charge in [-0.05, 0) is 49.0 Å². The van der Waals surface area contributed by atoms with Gasteiger partial charge in [0.05, 0.1) is 29.7 Å². The second-order valence-corrected chi connectivity index (χ2v) is 10.6. The van der Waals surface area contributed by atoms with Crippen LogP contribution in [0, 0.1) is 17.5 Å². The van der Waals surface area contributed by atoms with Crippen LogP contribution in [0.5, 0.6) is 0 Å². The van der Waals surface area contributed by atoms with Crippen LogP contribution < -0.4 is 10.3 Å². The quantitative estimate of drug-likeness (QED) is 0.264. The molecule has 0 saturated carbocycles. The highest BCUT2D eigenvalue weighted by atomic mass is 35.5. The van der Waals surface area contributed by atoms with Crippen LogP contribution in [-0.4, -0.2) is 52.8 Å². The van der Waals surface area contributed by atoms with Crippen molar-refractivity contribution in [1.29, 1.82) is 0 Å². The zero-order valence-electron chi connectivity index (χ0n) is 22.1. The third kappa shape index (κ3) is 5.57. The Bertz CT molecular complexity index is 1800. The number of hydrogen-bond acceptors (Lipinski definition) is 6. The number of nitrogens with zero attached hydrogens (tertiary/aromatic N) is 5. The fourth-order valence-electron chi connectivity index (χ4n) is 5.03. The van der Waals surface area contributed by atoms with Crippen molar-refractivity contribution in [1.82, 2.24) is 19.6 Å². The summed E-state index contributed by atoms with van der Waals surface area (Å²) in [5.74, 6) is -1.16. The minimum absolute atomic E-state index is 0.0166. The summed E-state index contributed by atoms with van der Waals surface area (Å²) >= 11 is 5.96. The third-order valence-electron chi connectivity index (χ3n) is 7.33. The van der Waals surface area contributed by atoms with Crippen LogP contribution in [0.25, 0.3) is 22.3 Å². The second-order valence-electron chi connectivity index (χ2n) is 10.2. The lowest BCUT2D eigenvalue weighted by Crippen LogP contribution is -2.44. The summed E-state index contributed by atoms with van der Waals surface area (Å²) in [4.78, 5) is 22.2. The van der Waals surface area contributed by atoms with Gasteiger partial charge in [0.2, 0.25) is 17.1 Å². The molecule has 1 aliphatic rings. The molecular formula is C30H25ClF3N5O2.